The maximum Gasteiger partial charge on any atom is 0.326 e. The summed E-state index contributed by atoms with van der Waals surface area (Å²) in [6.45, 7) is 4.20. The SMILES string of the molecule is CC(C)C[C@H](NC(=O)CCCN(C)C1=NS(=O)(=O)c2ccccc21)C(=O)O. The molecule has 2 N–H and O–H groups in total. The van der Waals surface area contributed by atoms with Gasteiger partial charge in [-0.25, -0.2) is 4.79 Å². The summed E-state index contributed by atoms with van der Waals surface area (Å²) >= 11 is 0. The van der Waals surface area contributed by atoms with E-state index in [1.54, 1.807) is 30.1 Å². The highest BCUT2D eigenvalue weighted by atomic mass is 32.2. The van der Waals surface area contributed by atoms with E-state index in [1.807, 2.05) is 13.8 Å². The summed E-state index contributed by atoms with van der Waals surface area (Å²) in [5.41, 5.74) is 0.548. The number of carbonyl (C=O) groups excluding carboxylic acids is 1. The number of carboxylic acid groups (broad SMARTS) is 1. The number of benzene rings is 1. The number of hydrogen-bond donors (Lipinski definition) is 2. The predicted octanol–water partition coefficient (Wildman–Crippen LogP) is 1.46. The minimum absolute atomic E-state index is 0.147. The molecule has 0 radical (unpaired) electrons. The van der Waals surface area contributed by atoms with E-state index in [0.29, 0.717) is 30.8 Å². The number of nitrogens with zero attached hydrogens (tertiary/aromatic N) is 2. The highest BCUT2D eigenvalue weighted by Crippen LogP contribution is 2.26. The van der Waals surface area contributed by atoms with Gasteiger partial charge in [0, 0.05) is 25.6 Å². The molecule has 2 rings (SSSR count). The molecule has 1 aromatic carbocycles. The zero-order chi connectivity index (χ0) is 20.2. The van der Waals surface area contributed by atoms with Crippen LogP contribution < -0.4 is 5.32 Å². The second-order valence-electron chi connectivity index (χ2n) is 7.00. The van der Waals surface area contributed by atoms with Crippen LogP contribution in [0.3, 0.4) is 0 Å². The number of carbonyl (C=O) groups is 2. The fourth-order valence-electron chi connectivity index (χ4n) is 2.91. The van der Waals surface area contributed by atoms with Crippen LogP contribution in [0.25, 0.3) is 0 Å². The fraction of sp³-hybridized carbons (Fsp3) is 0.500. The molecule has 9 heteroatoms. The van der Waals surface area contributed by atoms with Crippen LogP contribution in [0.5, 0.6) is 0 Å². The Labute approximate surface area is 159 Å². The first kappa shape index (κ1) is 20.9. The first-order valence-corrected chi connectivity index (χ1v) is 10.2. The average molecular weight is 395 g/mol. The Morgan fingerprint density at radius 3 is 2.56 bits per heavy atom. The molecule has 0 fully saturated rings. The van der Waals surface area contributed by atoms with Crippen molar-refractivity contribution < 1.29 is 23.1 Å². The molecule has 1 aliphatic rings. The molecular formula is C18H25N3O5S. The lowest BCUT2D eigenvalue weighted by molar-refractivity contribution is -0.142. The molecule has 8 nitrogen and oxygen atoms in total. The number of rotatable bonds is 8. The highest BCUT2D eigenvalue weighted by Gasteiger charge is 2.30. The van der Waals surface area contributed by atoms with Crippen molar-refractivity contribution in [3.05, 3.63) is 29.8 Å². The molecule has 0 spiro atoms. The summed E-state index contributed by atoms with van der Waals surface area (Å²) in [5.74, 6) is -0.872. The number of amides is 1. The number of nitrogens with one attached hydrogen (secondary N) is 1. The third-order valence-corrected chi connectivity index (χ3v) is 5.54. The first-order chi connectivity index (χ1) is 12.6. The number of carboxylic acids is 1. The van der Waals surface area contributed by atoms with Gasteiger partial charge in [0.05, 0.1) is 0 Å². The van der Waals surface area contributed by atoms with Gasteiger partial charge in [0.2, 0.25) is 5.91 Å². The van der Waals surface area contributed by atoms with Crippen LogP contribution >= 0.6 is 0 Å². The molecule has 0 bridgehead atoms. The molecule has 1 atom stereocenters. The van der Waals surface area contributed by atoms with Crippen molar-refractivity contribution in [1.82, 2.24) is 10.2 Å². The maximum atomic E-state index is 12.1. The zero-order valence-corrected chi connectivity index (χ0v) is 16.5. The van der Waals surface area contributed by atoms with Crippen molar-refractivity contribution in [1.29, 1.82) is 0 Å². The van der Waals surface area contributed by atoms with E-state index in [4.69, 9.17) is 0 Å². The molecule has 0 unspecified atom stereocenters. The third kappa shape index (κ3) is 5.29. The van der Waals surface area contributed by atoms with E-state index in [9.17, 15) is 23.1 Å². The molecule has 27 heavy (non-hydrogen) atoms. The molecule has 1 aromatic rings. The van der Waals surface area contributed by atoms with Gasteiger partial charge in [-0.1, -0.05) is 26.0 Å². The number of sulfonamides is 1. The monoisotopic (exact) mass is 395 g/mol. The van der Waals surface area contributed by atoms with Crippen LogP contribution in [0.2, 0.25) is 0 Å². The van der Waals surface area contributed by atoms with Crippen LogP contribution in [0, 0.1) is 5.92 Å². The van der Waals surface area contributed by atoms with E-state index in [-0.39, 0.29) is 23.1 Å². The molecular weight excluding hydrogens is 370 g/mol. The summed E-state index contributed by atoms with van der Waals surface area (Å²) < 4.78 is 28.0. The van der Waals surface area contributed by atoms with Gasteiger partial charge in [-0.05, 0) is 30.9 Å². The molecule has 0 saturated carbocycles. The average Bonchev–Trinajstić information content (AvgIpc) is 2.85. The van der Waals surface area contributed by atoms with Crippen molar-refractivity contribution in [2.24, 2.45) is 10.3 Å². The minimum Gasteiger partial charge on any atom is -0.480 e. The van der Waals surface area contributed by atoms with Crippen molar-refractivity contribution in [3.63, 3.8) is 0 Å². The van der Waals surface area contributed by atoms with Gasteiger partial charge in [0.15, 0.2) is 0 Å². The van der Waals surface area contributed by atoms with E-state index in [0.717, 1.165) is 0 Å². The summed E-state index contributed by atoms with van der Waals surface area (Å²) in [4.78, 5) is 25.1. The molecule has 1 amide bonds. The van der Waals surface area contributed by atoms with Crippen molar-refractivity contribution in [2.75, 3.05) is 13.6 Å². The topological polar surface area (TPSA) is 116 Å². The summed E-state index contributed by atoms with van der Waals surface area (Å²) in [6, 6.07) is 5.72. The number of fused-ring (bicyclic) bond motifs is 1. The lowest BCUT2D eigenvalue weighted by Crippen LogP contribution is -2.41. The number of hydrogen-bond acceptors (Lipinski definition) is 5. The Kier molecular flexibility index (Phi) is 6.59. The van der Waals surface area contributed by atoms with Crippen LogP contribution in [-0.4, -0.2) is 55.8 Å². The highest BCUT2D eigenvalue weighted by molar-refractivity contribution is 7.90. The standard InChI is InChI=1S/C18H25N3O5S/c1-12(2)11-14(18(23)24)19-16(22)9-6-10-21(3)17-13-7-4-5-8-15(13)27(25,26)20-17/h4-5,7-8,12,14H,6,9-11H2,1-3H3,(H,19,22)(H,23,24)/t14-/m0/s1. The van der Waals surface area contributed by atoms with Crippen LogP contribution in [-0.2, 0) is 19.6 Å². The summed E-state index contributed by atoms with van der Waals surface area (Å²) in [7, 11) is -1.96. The van der Waals surface area contributed by atoms with Gasteiger partial charge in [-0.2, -0.15) is 8.42 Å². The van der Waals surface area contributed by atoms with Crippen molar-refractivity contribution in [2.45, 2.75) is 44.0 Å². The van der Waals surface area contributed by atoms with Crippen LogP contribution in [0.1, 0.15) is 38.7 Å². The predicted molar refractivity (Wildman–Crippen MR) is 101 cm³/mol. The number of amidine groups is 1. The summed E-state index contributed by atoms with van der Waals surface area (Å²) in [5, 5.41) is 11.7. The van der Waals surface area contributed by atoms with Gasteiger partial charge >= 0.3 is 5.97 Å². The lowest BCUT2D eigenvalue weighted by Gasteiger charge is -2.19. The second-order valence-corrected chi connectivity index (χ2v) is 8.57. The summed E-state index contributed by atoms with van der Waals surface area (Å²) in [6.07, 6.45) is 0.956. The molecule has 0 aliphatic carbocycles. The van der Waals surface area contributed by atoms with Crippen LogP contribution in [0.15, 0.2) is 33.6 Å². The molecule has 0 saturated heterocycles. The van der Waals surface area contributed by atoms with E-state index < -0.39 is 22.0 Å². The largest absolute Gasteiger partial charge is 0.480 e. The lowest BCUT2D eigenvalue weighted by atomic mass is 10.0. The van der Waals surface area contributed by atoms with Crippen molar-refractivity contribution >= 4 is 27.7 Å². The maximum absolute atomic E-state index is 12.1. The Balaban J connectivity index is 1.90. The zero-order valence-electron chi connectivity index (χ0n) is 15.7. The second kappa shape index (κ2) is 8.51. The Morgan fingerprint density at radius 2 is 1.93 bits per heavy atom. The quantitative estimate of drug-likeness (QED) is 0.688. The fourth-order valence-corrected chi connectivity index (χ4v) is 4.16. The van der Waals surface area contributed by atoms with Gasteiger partial charge in [0.1, 0.15) is 16.8 Å². The molecule has 1 heterocycles. The molecule has 148 valence electrons. The van der Waals surface area contributed by atoms with Gasteiger partial charge in [-0.3, -0.25) is 4.79 Å². The van der Waals surface area contributed by atoms with E-state index >= 15 is 0 Å². The van der Waals surface area contributed by atoms with E-state index in [2.05, 4.69) is 9.71 Å². The van der Waals surface area contributed by atoms with Gasteiger partial charge in [0.25, 0.3) is 10.0 Å². The smallest absolute Gasteiger partial charge is 0.326 e. The van der Waals surface area contributed by atoms with Crippen molar-refractivity contribution in [3.8, 4) is 0 Å². The Morgan fingerprint density at radius 1 is 1.26 bits per heavy atom. The first-order valence-electron chi connectivity index (χ1n) is 8.79. The third-order valence-electron chi connectivity index (χ3n) is 4.21. The Hall–Kier alpha value is -2.42. The molecule has 0 aromatic heterocycles. The minimum atomic E-state index is -3.68. The van der Waals surface area contributed by atoms with Gasteiger partial charge < -0.3 is 15.3 Å². The van der Waals surface area contributed by atoms with Gasteiger partial charge in [-0.15, -0.1) is 4.40 Å². The van der Waals surface area contributed by atoms with E-state index in [1.165, 1.54) is 6.07 Å². The molecule has 1 aliphatic heterocycles. The normalized spacial score (nSPS) is 15.8. The number of aliphatic carboxylic acids is 1. The Bertz CT molecular complexity index is 848. The van der Waals surface area contributed by atoms with Crippen LogP contribution in [0.4, 0.5) is 0 Å².